The summed E-state index contributed by atoms with van der Waals surface area (Å²) in [6.07, 6.45) is 0. The van der Waals surface area contributed by atoms with Gasteiger partial charge in [0.2, 0.25) is 0 Å². The van der Waals surface area contributed by atoms with Crippen LogP contribution in [0.2, 0.25) is 5.02 Å². The number of anilines is 1. The Labute approximate surface area is 168 Å². The Morgan fingerprint density at radius 2 is 1.57 bits per heavy atom. The molecule has 0 unspecified atom stereocenters. The van der Waals surface area contributed by atoms with Crippen molar-refractivity contribution in [2.24, 2.45) is 0 Å². The number of amides is 2. The monoisotopic (exact) mass is 394 g/mol. The summed E-state index contributed by atoms with van der Waals surface area (Å²) in [4.78, 5) is 26.0. The number of hydrogen-bond donors (Lipinski definition) is 1. The minimum atomic E-state index is -0.274. The molecule has 0 saturated heterocycles. The number of carbonyl (C=O) groups excluding carboxylic acids is 2. The third-order valence-corrected chi connectivity index (χ3v) is 4.16. The van der Waals surface area contributed by atoms with E-state index >= 15 is 0 Å². The first-order valence-electron chi connectivity index (χ1n) is 8.59. The van der Waals surface area contributed by atoms with Gasteiger partial charge in [-0.25, -0.2) is 0 Å². The molecule has 1 N–H and O–H groups in total. The van der Waals surface area contributed by atoms with E-state index in [9.17, 15) is 9.59 Å². The molecule has 0 spiro atoms. The van der Waals surface area contributed by atoms with Crippen LogP contribution in [0.3, 0.4) is 0 Å². The average Bonchev–Trinajstić information content (AvgIpc) is 2.68. The van der Waals surface area contributed by atoms with E-state index in [-0.39, 0.29) is 11.8 Å². The lowest BCUT2D eigenvalue weighted by Crippen LogP contribution is -2.21. The second-order valence-corrected chi connectivity index (χ2v) is 6.75. The zero-order valence-electron chi connectivity index (χ0n) is 15.5. The van der Waals surface area contributed by atoms with Gasteiger partial charge in [0.1, 0.15) is 11.5 Å². The van der Waals surface area contributed by atoms with Crippen LogP contribution in [0, 0.1) is 0 Å². The van der Waals surface area contributed by atoms with Crippen molar-refractivity contribution in [3.63, 3.8) is 0 Å². The first kappa shape index (κ1) is 19.5. The van der Waals surface area contributed by atoms with Crippen LogP contribution >= 0.6 is 11.6 Å². The van der Waals surface area contributed by atoms with Crippen molar-refractivity contribution in [2.75, 3.05) is 19.4 Å². The van der Waals surface area contributed by atoms with E-state index in [2.05, 4.69) is 5.32 Å². The van der Waals surface area contributed by atoms with E-state index in [0.29, 0.717) is 33.3 Å². The highest BCUT2D eigenvalue weighted by Gasteiger charge is 2.11. The van der Waals surface area contributed by atoms with Crippen molar-refractivity contribution in [1.29, 1.82) is 0 Å². The molecule has 3 aromatic rings. The smallest absolute Gasteiger partial charge is 0.255 e. The molecule has 5 nitrogen and oxygen atoms in total. The van der Waals surface area contributed by atoms with Gasteiger partial charge in [0, 0.05) is 35.9 Å². The topological polar surface area (TPSA) is 58.6 Å². The maximum atomic E-state index is 12.5. The van der Waals surface area contributed by atoms with E-state index in [0.717, 1.165) is 0 Å². The predicted molar refractivity (Wildman–Crippen MR) is 110 cm³/mol. The highest BCUT2D eigenvalue weighted by molar-refractivity contribution is 6.30. The lowest BCUT2D eigenvalue weighted by molar-refractivity contribution is 0.0827. The normalized spacial score (nSPS) is 10.2. The lowest BCUT2D eigenvalue weighted by Gasteiger charge is -2.12. The second kappa shape index (κ2) is 8.59. The number of hydrogen-bond acceptors (Lipinski definition) is 3. The van der Waals surface area contributed by atoms with E-state index in [1.54, 1.807) is 86.9 Å². The van der Waals surface area contributed by atoms with Gasteiger partial charge in [-0.15, -0.1) is 0 Å². The summed E-state index contributed by atoms with van der Waals surface area (Å²) < 4.78 is 5.72. The molecule has 0 saturated carbocycles. The third-order valence-electron chi connectivity index (χ3n) is 3.92. The molecule has 0 aliphatic heterocycles. The fourth-order valence-electron chi connectivity index (χ4n) is 2.53. The number of halogens is 1. The first-order valence-corrected chi connectivity index (χ1v) is 8.97. The standard InChI is InChI=1S/C22H19ClN2O3/c1-25(2)22(27)16-5-3-7-18(13-16)24-21(26)15-9-11-19(12-10-15)28-20-8-4-6-17(23)14-20/h3-14H,1-2H3,(H,24,26). The van der Waals surface area contributed by atoms with Crippen molar-refractivity contribution < 1.29 is 14.3 Å². The maximum absolute atomic E-state index is 12.5. The summed E-state index contributed by atoms with van der Waals surface area (Å²) in [5.41, 5.74) is 1.54. The van der Waals surface area contributed by atoms with Crippen molar-refractivity contribution in [2.45, 2.75) is 0 Å². The zero-order chi connectivity index (χ0) is 20.1. The van der Waals surface area contributed by atoms with E-state index in [4.69, 9.17) is 16.3 Å². The fourth-order valence-corrected chi connectivity index (χ4v) is 2.71. The van der Waals surface area contributed by atoms with Crippen molar-refractivity contribution in [1.82, 2.24) is 4.90 Å². The van der Waals surface area contributed by atoms with Gasteiger partial charge < -0.3 is 15.0 Å². The molecular weight excluding hydrogens is 376 g/mol. The molecule has 28 heavy (non-hydrogen) atoms. The molecular formula is C22H19ClN2O3. The van der Waals surface area contributed by atoms with Crippen molar-refractivity contribution >= 4 is 29.1 Å². The van der Waals surface area contributed by atoms with Crippen LogP contribution in [-0.2, 0) is 0 Å². The lowest BCUT2D eigenvalue weighted by atomic mass is 10.1. The number of carbonyl (C=O) groups is 2. The maximum Gasteiger partial charge on any atom is 0.255 e. The number of rotatable bonds is 5. The van der Waals surface area contributed by atoms with E-state index in [1.165, 1.54) is 4.90 Å². The zero-order valence-corrected chi connectivity index (χ0v) is 16.2. The highest BCUT2D eigenvalue weighted by atomic mass is 35.5. The van der Waals surface area contributed by atoms with Crippen LogP contribution in [-0.4, -0.2) is 30.8 Å². The second-order valence-electron chi connectivity index (χ2n) is 6.32. The molecule has 2 amide bonds. The SMILES string of the molecule is CN(C)C(=O)c1cccc(NC(=O)c2ccc(Oc3cccc(Cl)c3)cc2)c1. The van der Waals surface area contributed by atoms with Crippen LogP contribution in [0.4, 0.5) is 5.69 Å². The number of nitrogens with zero attached hydrogens (tertiary/aromatic N) is 1. The Balaban J connectivity index is 1.68. The summed E-state index contributed by atoms with van der Waals surface area (Å²) in [5, 5.41) is 3.39. The van der Waals surface area contributed by atoms with Gasteiger partial charge in [0.25, 0.3) is 11.8 Å². The molecule has 0 aromatic heterocycles. The fraction of sp³-hybridized carbons (Fsp3) is 0.0909. The Morgan fingerprint density at radius 3 is 2.25 bits per heavy atom. The summed E-state index contributed by atoms with van der Waals surface area (Å²) >= 11 is 5.95. The van der Waals surface area contributed by atoms with Gasteiger partial charge in [-0.2, -0.15) is 0 Å². The minimum Gasteiger partial charge on any atom is -0.457 e. The molecule has 0 aliphatic rings. The first-order chi connectivity index (χ1) is 13.4. The molecule has 0 bridgehead atoms. The Morgan fingerprint density at radius 1 is 0.857 bits per heavy atom. The van der Waals surface area contributed by atoms with Gasteiger partial charge in [-0.1, -0.05) is 23.7 Å². The van der Waals surface area contributed by atoms with Gasteiger partial charge in [-0.05, 0) is 60.7 Å². The van der Waals surface area contributed by atoms with Gasteiger partial charge in [0.05, 0.1) is 0 Å². The molecule has 0 heterocycles. The minimum absolute atomic E-state index is 0.126. The van der Waals surface area contributed by atoms with Crippen LogP contribution in [0.5, 0.6) is 11.5 Å². The number of benzene rings is 3. The average molecular weight is 395 g/mol. The summed E-state index contributed by atoms with van der Waals surface area (Å²) in [5.74, 6) is 0.812. The highest BCUT2D eigenvalue weighted by Crippen LogP contribution is 2.24. The van der Waals surface area contributed by atoms with Crippen molar-refractivity contribution in [3.05, 3.63) is 88.9 Å². The molecule has 0 fully saturated rings. The van der Waals surface area contributed by atoms with Crippen molar-refractivity contribution in [3.8, 4) is 11.5 Å². The molecule has 0 radical (unpaired) electrons. The Hall–Kier alpha value is -3.31. The Kier molecular flexibility index (Phi) is 5.96. The molecule has 6 heteroatoms. The van der Waals surface area contributed by atoms with Crippen LogP contribution in [0.25, 0.3) is 0 Å². The summed E-state index contributed by atoms with van der Waals surface area (Å²) in [6.45, 7) is 0. The molecule has 0 aliphatic carbocycles. The largest absolute Gasteiger partial charge is 0.457 e. The summed E-state index contributed by atoms with van der Waals surface area (Å²) in [7, 11) is 3.36. The van der Waals surface area contributed by atoms with Crippen LogP contribution in [0.1, 0.15) is 20.7 Å². The summed E-state index contributed by atoms with van der Waals surface area (Å²) in [6, 6.07) is 20.7. The number of ether oxygens (including phenoxy) is 1. The van der Waals surface area contributed by atoms with Gasteiger partial charge in [-0.3, -0.25) is 9.59 Å². The molecule has 142 valence electrons. The molecule has 3 aromatic carbocycles. The van der Waals surface area contributed by atoms with E-state index < -0.39 is 0 Å². The predicted octanol–water partition coefficient (Wildman–Crippen LogP) is 5.09. The molecule has 3 rings (SSSR count). The Bertz CT molecular complexity index is 1000. The number of nitrogens with one attached hydrogen (secondary N) is 1. The quantitative estimate of drug-likeness (QED) is 0.656. The van der Waals surface area contributed by atoms with Gasteiger partial charge in [0.15, 0.2) is 0 Å². The third kappa shape index (κ3) is 4.90. The molecule has 0 atom stereocenters. The van der Waals surface area contributed by atoms with Gasteiger partial charge >= 0.3 is 0 Å². The van der Waals surface area contributed by atoms with E-state index in [1.807, 2.05) is 0 Å². The van der Waals surface area contributed by atoms with Crippen LogP contribution < -0.4 is 10.1 Å². The van der Waals surface area contributed by atoms with Crippen LogP contribution in [0.15, 0.2) is 72.8 Å².